The number of thiocarbonyl (C=S) groups is 1. The van der Waals surface area contributed by atoms with Gasteiger partial charge in [0.1, 0.15) is 10.7 Å². The highest BCUT2D eigenvalue weighted by atomic mass is 35.5. The van der Waals surface area contributed by atoms with Crippen molar-refractivity contribution in [1.82, 2.24) is 9.78 Å². The van der Waals surface area contributed by atoms with Crippen molar-refractivity contribution < 1.29 is 4.79 Å². The van der Waals surface area contributed by atoms with E-state index >= 15 is 0 Å². The number of hydrogen-bond donors (Lipinski definition) is 2. The van der Waals surface area contributed by atoms with Gasteiger partial charge in [-0.25, -0.2) is 0 Å². The number of halogens is 1. The monoisotopic (exact) mass is 322 g/mol. The van der Waals surface area contributed by atoms with Gasteiger partial charge >= 0.3 is 0 Å². The molecule has 1 heterocycles. The van der Waals surface area contributed by atoms with E-state index in [1.165, 1.54) is 0 Å². The second kappa shape index (κ2) is 6.24. The maximum atomic E-state index is 12.4. The summed E-state index contributed by atoms with van der Waals surface area (Å²) >= 11 is 10.9. The Morgan fingerprint density at radius 1 is 1.48 bits per heavy atom. The van der Waals surface area contributed by atoms with Gasteiger partial charge in [-0.1, -0.05) is 23.8 Å². The van der Waals surface area contributed by atoms with Gasteiger partial charge in [-0.15, -0.1) is 0 Å². The van der Waals surface area contributed by atoms with Crippen LogP contribution in [-0.2, 0) is 6.54 Å². The Bertz CT molecular complexity index is 711. The summed E-state index contributed by atoms with van der Waals surface area (Å²) in [7, 11) is 0. The lowest BCUT2D eigenvalue weighted by molar-refractivity contribution is 0.101. The largest absolute Gasteiger partial charge is 0.389 e. The predicted octanol–water partition coefficient (Wildman–Crippen LogP) is 2.75. The minimum atomic E-state index is -0.280. The SMILES string of the molecule is CCn1nc(C)cc1C(=O)Nc1cc(Cl)ccc1C(N)=S. The Labute approximate surface area is 133 Å². The van der Waals surface area contributed by atoms with E-state index in [2.05, 4.69) is 10.4 Å². The molecule has 3 N–H and O–H groups in total. The van der Waals surface area contributed by atoms with Crippen LogP contribution in [-0.4, -0.2) is 20.7 Å². The Morgan fingerprint density at radius 2 is 2.19 bits per heavy atom. The molecule has 0 aliphatic carbocycles. The van der Waals surface area contributed by atoms with E-state index in [4.69, 9.17) is 29.6 Å². The lowest BCUT2D eigenvalue weighted by Gasteiger charge is -2.11. The molecule has 0 aliphatic heterocycles. The third-order valence-corrected chi connectivity index (χ3v) is 3.38. The van der Waals surface area contributed by atoms with Gasteiger partial charge in [0.15, 0.2) is 0 Å². The van der Waals surface area contributed by atoms with E-state index in [1.54, 1.807) is 28.9 Å². The first-order valence-corrected chi connectivity index (χ1v) is 7.16. The highest BCUT2D eigenvalue weighted by Gasteiger charge is 2.15. The molecule has 0 aliphatic rings. The lowest BCUT2D eigenvalue weighted by atomic mass is 10.1. The number of nitrogens with zero attached hydrogens (tertiary/aromatic N) is 2. The molecule has 7 heteroatoms. The van der Waals surface area contributed by atoms with Crippen LogP contribution in [0.5, 0.6) is 0 Å². The number of aromatic nitrogens is 2. The van der Waals surface area contributed by atoms with Crippen molar-refractivity contribution in [2.75, 3.05) is 5.32 Å². The van der Waals surface area contributed by atoms with E-state index in [9.17, 15) is 4.79 Å². The average molecular weight is 323 g/mol. The molecular weight excluding hydrogens is 308 g/mol. The molecule has 0 fully saturated rings. The second-order valence-electron chi connectivity index (χ2n) is 4.50. The van der Waals surface area contributed by atoms with Crippen molar-refractivity contribution in [2.45, 2.75) is 20.4 Å². The molecule has 2 aromatic rings. The third-order valence-electron chi connectivity index (χ3n) is 2.93. The summed E-state index contributed by atoms with van der Waals surface area (Å²) in [6.07, 6.45) is 0. The van der Waals surface area contributed by atoms with Crippen LogP contribution < -0.4 is 11.1 Å². The number of benzene rings is 1. The highest BCUT2D eigenvalue weighted by molar-refractivity contribution is 7.80. The van der Waals surface area contributed by atoms with Crippen LogP contribution in [0.25, 0.3) is 0 Å². The smallest absolute Gasteiger partial charge is 0.273 e. The topological polar surface area (TPSA) is 72.9 Å². The van der Waals surface area contributed by atoms with Gasteiger partial charge in [0.25, 0.3) is 5.91 Å². The first kappa shape index (κ1) is 15.5. The molecule has 1 amide bonds. The summed E-state index contributed by atoms with van der Waals surface area (Å²) in [5.41, 5.74) is 7.97. The zero-order valence-electron chi connectivity index (χ0n) is 11.7. The summed E-state index contributed by atoms with van der Waals surface area (Å²) < 4.78 is 1.63. The molecular formula is C14H15ClN4OS. The standard InChI is InChI=1S/C14H15ClN4OS/c1-3-19-12(6-8(2)18-19)14(20)17-11-7-9(15)4-5-10(11)13(16)21/h4-7H,3H2,1-2H3,(H2,16,21)(H,17,20). The van der Waals surface area contributed by atoms with Gasteiger partial charge in [0.2, 0.25) is 0 Å². The summed E-state index contributed by atoms with van der Waals surface area (Å²) in [5, 5.41) is 7.52. The minimum absolute atomic E-state index is 0.196. The Morgan fingerprint density at radius 3 is 2.81 bits per heavy atom. The number of nitrogens with one attached hydrogen (secondary N) is 1. The van der Waals surface area contributed by atoms with Crippen LogP contribution in [0.1, 0.15) is 28.7 Å². The molecule has 0 bridgehead atoms. The van der Waals surface area contributed by atoms with Crippen LogP contribution in [0.2, 0.25) is 5.02 Å². The van der Waals surface area contributed by atoms with Crippen LogP contribution in [0.4, 0.5) is 5.69 Å². The number of rotatable bonds is 4. The van der Waals surface area contributed by atoms with E-state index in [0.29, 0.717) is 28.5 Å². The molecule has 1 aromatic carbocycles. The van der Waals surface area contributed by atoms with Gasteiger partial charge < -0.3 is 11.1 Å². The number of aryl methyl sites for hydroxylation is 2. The Balaban J connectivity index is 2.35. The molecule has 2 rings (SSSR count). The molecule has 21 heavy (non-hydrogen) atoms. The minimum Gasteiger partial charge on any atom is -0.389 e. The number of nitrogens with two attached hydrogens (primary N) is 1. The lowest BCUT2D eigenvalue weighted by Crippen LogP contribution is -2.20. The second-order valence-corrected chi connectivity index (χ2v) is 5.37. The number of hydrogen-bond acceptors (Lipinski definition) is 3. The average Bonchev–Trinajstić information content (AvgIpc) is 2.79. The van der Waals surface area contributed by atoms with Crippen LogP contribution in [0, 0.1) is 6.92 Å². The third kappa shape index (κ3) is 3.40. The summed E-state index contributed by atoms with van der Waals surface area (Å²) in [6.45, 7) is 4.36. The summed E-state index contributed by atoms with van der Waals surface area (Å²) in [5.74, 6) is -0.280. The van der Waals surface area contributed by atoms with Crippen molar-refractivity contribution in [3.63, 3.8) is 0 Å². The quantitative estimate of drug-likeness (QED) is 0.849. The maximum absolute atomic E-state index is 12.4. The van der Waals surface area contributed by atoms with Crippen molar-refractivity contribution in [1.29, 1.82) is 0 Å². The molecule has 0 spiro atoms. The van der Waals surface area contributed by atoms with E-state index < -0.39 is 0 Å². The van der Waals surface area contributed by atoms with Crippen molar-refractivity contribution in [3.8, 4) is 0 Å². The van der Waals surface area contributed by atoms with Crippen LogP contribution in [0.3, 0.4) is 0 Å². The number of carbonyl (C=O) groups is 1. The molecule has 0 saturated carbocycles. The Kier molecular flexibility index (Phi) is 4.59. The first-order chi connectivity index (χ1) is 9.92. The van der Waals surface area contributed by atoms with E-state index in [0.717, 1.165) is 5.69 Å². The molecule has 0 unspecified atom stereocenters. The molecule has 0 radical (unpaired) electrons. The highest BCUT2D eigenvalue weighted by Crippen LogP contribution is 2.22. The van der Waals surface area contributed by atoms with Crippen LogP contribution >= 0.6 is 23.8 Å². The van der Waals surface area contributed by atoms with Gasteiger partial charge in [-0.3, -0.25) is 9.48 Å². The fraction of sp³-hybridized carbons (Fsp3) is 0.214. The van der Waals surface area contributed by atoms with Gasteiger partial charge in [0.05, 0.1) is 11.4 Å². The first-order valence-electron chi connectivity index (χ1n) is 6.37. The van der Waals surface area contributed by atoms with E-state index in [1.807, 2.05) is 13.8 Å². The zero-order valence-corrected chi connectivity index (χ0v) is 13.3. The fourth-order valence-corrected chi connectivity index (χ4v) is 2.34. The maximum Gasteiger partial charge on any atom is 0.273 e. The Hall–Kier alpha value is -1.92. The number of amides is 1. The van der Waals surface area contributed by atoms with Gasteiger partial charge in [-0.2, -0.15) is 5.10 Å². The predicted molar refractivity (Wildman–Crippen MR) is 87.9 cm³/mol. The summed E-state index contributed by atoms with van der Waals surface area (Å²) in [4.78, 5) is 12.6. The van der Waals surface area contributed by atoms with Crippen molar-refractivity contribution in [3.05, 3.63) is 46.2 Å². The fourth-order valence-electron chi connectivity index (χ4n) is 1.99. The summed E-state index contributed by atoms with van der Waals surface area (Å²) in [6, 6.07) is 6.70. The normalized spacial score (nSPS) is 10.4. The molecule has 0 atom stereocenters. The van der Waals surface area contributed by atoms with Crippen molar-refractivity contribution in [2.24, 2.45) is 5.73 Å². The zero-order chi connectivity index (χ0) is 15.6. The van der Waals surface area contributed by atoms with Crippen molar-refractivity contribution >= 4 is 40.4 Å². The molecule has 110 valence electrons. The molecule has 5 nitrogen and oxygen atoms in total. The molecule has 0 saturated heterocycles. The van der Waals surface area contributed by atoms with Gasteiger partial charge in [-0.05, 0) is 38.1 Å². The number of anilines is 1. The van der Waals surface area contributed by atoms with Crippen LogP contribution in [0.15, 0.2) is 24.3 Å². The van der Waals surface area contributed by atoms with Gasteiger partial charge in [0, 0.05) is 17.1 Å². The number of carbonyl (C=O) groups excluding carboxylic acids is 1. The molecule has 1 aromatic heterocycles. The van der Waals surface area contributed by atoms with E-state index in [-0.39, 0.29) is 10.9 Å².